The molecule has 2 aromatic rings. The maximum atomic E-state index is 12.0. The van der Waals surface area contributed by atoms with E-state index in [0.717, 1.165) is 5.56 Å². The summed E-state index contributed by atoms with van der Waals surface area (Å²) < 4.78 is 9.60. The van der Waals surface area contributed by atoms with Crippen molar-refractivity contribution in [2.45, 2.75) is 6.92 Å². The summed E-state index contributed by atoms with van der Waals surface area (Å²) in [4.78, 5) is 35.4. The van der Waals surface area contributed by atoms with Gasteiger partial charge in [-0.05, 0) is 48.9 Å². The van der Waals surface area contributed by atoms with Crippen molar-refractivity contribution in [2.24, 2.45) is 0 Å². The molecule has 25 heavy (non-hydrogen) atoms. The molecular weight excluding hydrogens is 346 g/mol. The van der Waals surface area contributed by atoms with Crippen LogP contribution >= 0.6 is 11.6 Å². The van der Waals surface area contributed by atoms with Crippen molar-refractivity contribution in [1.29, 1.82) is 0 Å². The number of aryl methyl sites for hydroxylation is 1. The van der Waals surface area contributed by atoms with Gasteiger partial charge in [-0.2, -0.15) is 0 Å². The van der Waals surface area contributed by atoms with Crippen molar-refractivity contribution in [1.82, 2.24) is 0 Å². The van der Waals surface area contributed by atoms with E-state index in [9.17, 15) is 14.4 Å². The van der Waals surface area contributed by atoms with Gasteiger partial charge in [0.15, 0.2) is 6.61 Å². The minimum absolute atomic E-state index is 0.293. The molecule has 0 bridgehead atoms. The van der Waals surface area contributed by atoms with Crippen molar-refractivity contribution in [3.05, 3.63) is 64.2 Å². The average molecular weight is 362 g/mol. The molecule has 1 amide bonds. The minimum atomic E-state index is -0.633. The number of methoxy groups -OCH3 is 1. The predicted octanol–water partition coefficient (Wildman–Crippen LogP) is 3.23. The summed E-state index contributed by atoms with van der Waals surface area (Å²) in [5.41, 5.74) is 1.79. The molecule has 0 aliphatic carbocycles. The van der Waals surface area contributed by atoms with Crippen molar-refractivity contribution in [3.8, 4) is 0 Å². The first-order valence-electron chi connectivity index (χ1n) is 7.32. The van der Waals surface area contributed by atoms with Gasteiger partial charge in [0.25, 0.3) is 5.91 Å². The molecule has 7 heteroatoms. The summed E-state index contributed by atoms with van der Waals surface area (Å²) in [6.07, 6.45) is 0. The van der Waals surface area contributed by atoms with Gasteiger partial charge in [0, 0.05) is 10.7 Å². The third kappa shape index (κ3) is 5.06. The largest absolute Gasteiger partial charge is 0.465 e. The quantitative estimate of drug-likeness (QED) is 0.827. The molecule has 0 aliphatic heterocycles. The molecule has 0 saturated heterocycles. The SMILES string of the molecule is COC(=O)c1ccc(C)c(NC(=O)COC(=O)c2ccc(Cl)cc2)c1. The number of anilines is 1. The van der Waals surface area contributed by atoms with Gasteiger partial charge in [0.1, 0.15) is 0 Å². The summed E-state index contributed by atoms with van der Waals surface area (Å²) in [7, 11) is 1.27. The minimum Gasteiger partial charge on any atom is -0.465 e. The van der Waals surface area contributed by atoms with Crippen LogP contribution in [0.5, 0.6) is 0 Å². The van der Waals surface area contributed by atoms with Crippen molar-refractivity contribution in [3.63, 3.8) is 0 Å². The highest BCUT2D eigenvalue weighted by atomic mass is 35.5. The lowest BCUT2D eigenvalue weighted by Crippen LogP contribution is -2.21. The van der Waals surface area contributed by atoms with Crippen LogP contribution < -0.4 is 5.32 Å². The fourth-order valence-electron chi connectivity index (χ4n) is 1.99. The Morgan fingerprint density at radius 3 is 2.28 bits per heavy atom. The number of nitrogens with one attached hydrogen (secondary N) is 1. The molecule has 2 aromatic carbocycles. The number of ether oxygens (including phenoxy) is 2. The highest BCUT2D eigenvalue weighted by Gasteiger charge is 2.13. The second kappa shape index (κ2) is 8.30. The first kappa shape index (κ1) is 18.5. The van der Waals surface area contributed by atoms with Crippen molar-refractivity contribution >= 4 is 35.1 Å². The molecule has 1 N–H and O–H groups in total. The number of hydrogen-bond donors (Lipinski definition) is 1. The molecule has 130 valence electrons. The molecule has 0 spiro atoms. The molecule has 0 unspecified atom stereocenters. The summed E-state index contributed by atoms with van der Waals surface area (Å²) >= 11 is 5.75. The van der Waals surface area contributed by atoms with Crippen LogP contribution in [-0.2, 0) is 14.3 Å². The van der Waals surface area contributed by atoms with E-state index < -0.39 is 24.5 Å². The highest BCUT2D eigenvalue weighted by Crippen LogP contribution is 2.17. The molecule has 6 nitrogen and oxygen atoms in total. The van der Waals surface area contributed by atoms with Crippen LogP contribution in [0.15, 0.2) is 42.5 Å². The maximum Gasteiger partial charge on any atom is 0.338 e. The van der Waals surface area contributed by atoms with Gasteiger partial charge < -0.3 is 14.8 Å². The van der Waals surface area contributed by atoms with E-state index in [0.29, 0.717) is 21.8 Å². The number of amides is 1. The first-order valence-corrected chi connectivity index (χ1v) is 7.70. The number of hydrogen-bond acceptors (Lipinski definition) is 5. The van der Waals surface area contributed by atoms with Crippen molar-refractivity contribution < 1.29 is 23.9 Å². The Kier molecular flexibility index (Phi) is 6.14. The van der Waals surface area contributed by atoms with E-state index in [1.165, 1.54) is 25.3 Å². The molecule has 0 aliphatic rings. The van der Waals surface area contributed by atoms with Gasteiger partial charge in [-0.3, -0.25) is 4.79 Å². The van der Waals surface area contributed by atoms with Gasteiger partial charge in [-0.1, -0.05) is 17.7 Å². The Morgan fingerprint density at radius 2 is 1.64 bits per heavy atom. The summed E-state index contributed by atoms with van der Waals surface area (Å²) in [5, 5.41) is 3.10. The van der Waals surface area contributed by atoms with Crippen LogP contribution in [0.3, 0.4) is 0 Å². The molecule has 0 radical (unpaired) electrons. The zero-order chi connectivity index (χ0) is 18.4. The molecule has 0 atom stereocenters. The predicted molar refractivity (Wildman–Crippen MR) is 92.9 cm³/mol. The Bertz CT molecular complexity index is 802. The molecular formula is C18H16ClNO5. The lowest BCUT2D eigenvalue weighted by atomic mass is 10.1. The lowest BCUT2D eigenvalue weighted by Gasteiger charge is -2.10. The zero-order valence-corrected chi connectivity index (χ0v) is 14.4. The standard InChI is InChI=1S/C18H16ClNO5/c1-11-3-4-13(17(22)24-2)9-15(11)20-16(21)10-25-18(23)12-5-7-14(19)8-6-12/h3-9H,10H2,1-2H3,(H,20,21). The normalized spacial score (nSPS) is 10.0. The number of esters is 2. The number of carbonyl (C=O) groups is 3. The highest BCUT2D eigenvalue weighted by molar-refractivity contribution is 6.30. The van der Waals surface area contributed by atoms with Gasteiger partial charge in [-0.15, -0.1) is 0 Å². The van der Waals surface area contributed by atoms with Gasteiger partial charge in [0.05, 0.1) is 18.2 Å². The third-order valence-corrected chi connectivity index (χ3v) is 3.60. The van der Waals surface area contributed by atoms with Crippen LogP contribution in [0.2, 0.25) is 5.02 Å². The van der Waals surface area contributed by atoms with Crippen LogP contribution in [0.4, 0.5) is 5.69 Å². The van der Waals surface area contributed by atoms with E-state index >= 15 is 0 Å². The fourth-order valence-corrected chi connectivity index (χ4v) is 2.11. The Balaban J connectivity index is 1.97. The van der Waals surface area contributed by atoms with Gasteiger partial charge >= 0.3 is 11.9 Å². The molecule has 0 saturated carbocycles. The number of halogens is 1. The average Bonchev–Trinajstić information content (AvgIpc) is 2.61. The second-order valence-corrected chi connectivity index (χ2v) is 5.59. The fraction of sp³-hybridized carbons (Fsp3) is 0.167. The zero-order valence-electron chi connectivity index (χ0n) is 13.7. The van der Waals surface area contributed by atoms with E-state index in [2.05, 4.69) is 10.1 Å². The summed E-state index contributed by atoms with van der Waals surface area (Å²) in [6, 6.07) is 10.9. The lowest BCUT2D eigenvalue weighted by molar-refractivity contribution is -0.119. The Labute approximate surface area is 149 Å². The Morgan fingerprint density at radius 1 is 1.00 bits per heavy atom. The van der Waals surface area contributed by atoms with Crippen LogP contribution in [0, 0.1) is 6.92 Å². The number of rotatable bonds is 5. The van der Waals surface area contributed by atoms with Crippen LogP contribution in [-0.4, -0.2) is 31.6 Å². The van der Waals surface area contributed by atoms with E-state index in [-0.39, 0.29) is 0 Å². The molecule has 0 fully saturated rings. The summed E-state index contributed by atoms with van der Waals surface area (Å²) in [6.45, 7) is 1.32. The smallest absolute Gasteiger partial charge is 0.338 e. The van der Waals surface area contributed by atoms with Gasteiger partial charge in [0.2, 0.25) is 0 Å². The number of benzene rings is 2. The van der Waals surface area contributed by atoms with Crippen molar-refractivity contribution in [2.75, 3.05) is 19.0 Å². The third-order valence-electron chi connectivity index (χ3n) is 3.35. The Hall–Kier alpha value is -2.86. The van der Waals surface area contributed by atoms with E-state index in [1.807, 2.05) is 0 Å². The van der Waals surface area contributed by atoms with E-state index in [1.54, 1.807) is 31.2 Å². The molecule has 2 rings (SSSR count). The summed E-state index contributed by atoms with van der Waals surface area (Å²) in [5.74, 6) is -1.66. The number of carbonyl (C=O) groups excluding carboxylic acids is 3. The van der Waals surface area contributed by atoms with Crippen LogP contribution in [0.25, 0.3) is 0 Å². The van der Waals surface area contributed by atoms with E-state index in [4.69, 9.17) is 16.3 Å². The first-order chi connectivity index (χ1) is 11.9. The van der Waals surface area contributed by atoms with Gasteiger partial charge in [-0.25, -0.2) is 9.59 Å². The molecule has 0 aromatic heterocycles. The molecule has 0 heterocycles. The maximum absolute atomic E-state index is 12.0. The topological polar surface area (TPSA) is 81.7 Å². The second-order valence-electron chi connectivity index (χ2n) is 5.15. The van der Waals surface area contributed by atoms with Crippen LogP contribution in [0.1, 0.15) is 26.3 Å². The monoisotopic (exact) mass is 361 g/mol.